The highest BCUT2D eigenvalue weighted by Crippen LogP contribution is 2.26. The van der Waals surface area contributed by atoms with Gasteiger partial charge in [-0.2, -0.15) is 0 Å². The van der Waals surface area contributed by atoms with E-state index in [4.69, 9.17) is 4.74 Å². The zero-order valence-corrected chi connectivity index (χ0v) is 12.4. The number of aromatic amines is 1. The van der Waals surface area contributed by atoms with Gasteiger partial charge in [-0.05, 0) is 53.8 Å². The topological polar surface area (TPSA) is 55.0 Å². The average molecular weight is 366 g/mol. The van der Waals surface area contributed by atoms with Crippen molar-refractivity contribution >= 4 is 50.4 Å². The Bertz CT molecular complexity index is 780. The summed E-state index contributed by atoms with van der Waals surface area (Å²) >= 11 is 2.27. The van der Waals surface area contributed by atoms with Crippen molar-refractivity contribution in [1.29, 1.82) is 0 Å². The zero-order chi connectivity index (χ0) is 13.4. The number of carbonyl (C=O) groups is 1. The molecule has 19 heavy (non-hydrogen) atoms. The maximum absolute atomic E-state index is 11.7. The molecular weight excluding hydrogens is 355 g/mol. The van der Waals surface area contributed by atoms with E-state index in [0.29, 0.717) is 12.3 Å². The molecule has 0 unspecified atom stereocenters. The Morgan fingerprint density at radius 2 is 2.11 bits per heavy atom. The number of hydrogen-bond donors (Lipinski definition) is 1. The van der Waals surface area contributed by atoms with Crippen LogP contribution < -0.4 is 0 Å². The molecule has 3 aromatic rings. The number of H-pyrrole nitrogens is 1. The normalized spacial score (nSPS) is 11.1. The van der Waals surface area contributed by atoms with Gasteiger partial charge in [0.1, 0.15) is 5.69 Å². The zero-order valence-electron chi connectivity index (χ0n) is 10.2. The molecule has 1 N–H and O–H groups in total. The van der Waals surface area contributed by atoms with E-state index in [1.54, 1.807) is 19.2 Å². The molecule has 0 aliphatic rings. The number of pyridine rings is 1. The van der Waals surface area contributed by atoms with E-state index in [1.165, 1.54) is 0 Å². The van der Waals surface area contributed by atoms with Crippen LogP contribution in [-0.4, -0.2) is 22.5 Å². The first-order chi connectivity index (χ1) is 9.19. The van der Waals surface area contributed by atoms with Gasteiger partial charge < -0.3 is 9.72 Å². The third-order valence-electron chi connectivity index (χ3n) is 2.93. The van der Waals surface area contributed by atoms with Crippen LogP contribution in [0.1, 0.15) is 17.4 Å². The summed E-state index contributed by atoms with van der Waals surface area (Å²) in [6.45, 7) is 2.13. The van der Waals surface area contributed by atoms with E-state index in [9.17, 15) is 4.79 Å². The van der Waals surface area contributed by atoms with Crippen molar-refractivity contribution in [2.45, 2.75) is 6.92 Å². The Kier molecular flexibility index (Phi) is 3.14. The molecule has 2 heterocycles. The summed E-state index contributed by atoms with van der Waals surface area (Å²) in [6, 6.07) is 7.94. The molecule has 0 fully saturated rings. The number of nitrogens with zero attached hydrogens (tertiary/aromatic N) is 1. The van der Waals surface area contributed by atoms with Crippen LogP contribution in [0, 0.1) is 3.57 Å². The number of hydrogen-bond acceptors (Lipinski definition) is 3. The number of benzene rings is 1. The van der Waals surface area contributed by atoms with Crippen LogP contribution in [0.3, 0.4) is 0 Å². The van der Waals surface area contributed by atoms with E-state index in [0.717, 1.165) is 25.4 Å². The van der Waals surface area contributed by atoms with E-state index < -0.39 is 0 Å². The summed E-state index contributed by atoms with van der Waals surface area (Å²) in [7, 11) is 0. The molecule has 4 nitrogen and oxygen atoms in total. The van der Waals surface area contributed by atoms with Crippen LogP contribution in [0.2, 0.25) is 0 Å². The lowest BCUT2D eigenvalue weighted by Crippen LogP contribution is -2.06. The third kappa shape index (κ3) is 2.18. The minimum absolute atomic E-state index is 0.342. The number of aromatic nitrogens is 2. The van der Waals surface area contributed by atoms with Crippen LogP contribution in [-0.2, 0) is 4.74 Å². The highest BCUT2D eigenvalue weighted by molar-refractivity contribution is 14.1. The largest absolute Gasteiger partial charge is 0.461 e. The first-order valence-electron chi connectivity index (χ1n) is 5.93. The second-order valence-corrected chi connectivity index (χ2v) is 5.40. The summed E-state index contributed by atoms with van der Waals surface area (Å²) in [5, 5.41) is 2.08. The predicted molar refractivity (Wildman–Crippen MR) is 82.3 cm³/mol. The molecule has 0 radical (unpaired) electrons. The fourth-order valence-electron chi connectivity index (χ4n) is 2.09. The number of halogens is 1. The molecule has 0 saturated carbocycles. The van der Waals surface area contributed by atoms with Gasteiger partial charge in [0.05, 0.1) is 18.3 Å². The Hall–Kier alpha value is -1.63. The molecule has 0 atom stereocenters. The van der Waals surface area contributed by atoms with Crippen molar-refractivity contribution in [2.75, 3.05) is 6.61 Å². The molecule has 0 spiro atoms. The second-order valence-electron chi connectivity index (χ2n) is 4.15. The number of carbonyl (C=O) groups excluding carboxylic acids is 1. The second kappa shape index (κ2) is 4.80. The van der Waals surface area contributed by atoms with Gasteiger partial charge in [0.2, 0.25) is 0 Å². The molecule has 0 saturated heterocycles. The number of fused-ring (bicyclic) bond motifs is 3. The minimum atomic E-state index is -0.385. The average Bonchev–Trinajstić information content (AvgIpc) is 2.76. The number of rotatable bonds is 2. The standard InChI is InChI=1S/C14H11IN2O2/c1-2-19-14(18)12-6-10-9-5-8(15)3-4-11(9)17-13(10)7-16-12/h3-7,17H,2H2,1H3. The lowest BCUT2D eigenvalue weighted by molar-refractivity contribution is 0.0520. The maximum Gasteiger partial charge on any atom is 0.356 e. The summed E-state index contributed by atoms with van der Waals surface area (Å²) in [5.74, 6) is -0.385. The first-order valence-corrected chi connectivity index (χ1v) is 7.01. The van der Waals surface area contributed by atoms with Gasteiger partial charge in [0.25, 0.3) is 0 Å². The van der Waals surface area contributed by atoms with Crippen LogP contribution in [0.4, 0.5) is 0 Å². The van der Waals surface area contributed by atoms with Crippen LogP contribution in [0.15, 0.2) is 30.5 Å². The molecule has 1 aromatic carbocycles. The van der Waals surface area contributed by atoms with Crippen molar-refractivity contribution < 1.29 is 9.53 Å². The van der Waals surface area contributed by atoms with E-state index in [1.807, 2.05) is 12.1 Å². The van der Waals surface area contributed by atoms with Crippen LogP contribution >= 0.6 is 22.6 Å². The quantitative estimate of drug-likeness (QED) is 0.558. The lowest BCUT2D eigenvalue weighted by Gasteiger charge is -2.00. The van der Waals surface area contributed by atoms with Crippen molar-refractivity contribution in [3.63, 3.8) is 0 Å². The van der Waals surface area contributed by atoms with Gasteiger partial charge in [-0.3, -0.25) is 0 Å². The fourth-order valence-corrected chi connectivity index (χ4v) is 2.58. The summed E-state index contributed by atoms with van der Waals surface area (Å²) in [6.07, 6.45) is 1.68. The molecule has 5 heteroatoms. The van der Waals surface area contributed by atoms with Crippen LogP contribution in [0.5, 0.6) is 0 Å². The SMILES string of the molecule is CCOC(=O)c1cc2c(cn1)[nH]c1ccc(I)cc12. The lowest BCUT2D eigenvalue weighted by atomic mass is 10.1. The Morgan fingerprint density at radius 1 is 1.32 bits per heavy atom. The molecule has 0 bridgehead atoms. The number of nitrogens with one attached hydrogen (secondary N) is 1. The number of esters is 1. The van der Waals surface area contributed by atoms with Crippen molar-refractivity contribution in [1.82, 2.24) is 9.97 Å². The Balaban J connectivity index is 2.23. The molecule has 3 rings (SSSR count). The van der Waals surface area contributed by atoms with Gasteiger partial charge >= 0.3 is 5.97 Å². The summed E-state index contributed by atoms with van der Waals surface area (Å²) < 4.78 is 6.13. The van der Waals surface area contributed by atoms with Gasteiger partial charge in [-0.25, -0.2) is 9.78 Å². The monoisotopic (exact) mass is 366 g/mol. The summed E-state index contributed by atoms with van der Waals surface area (Å²) in [4.78, 5) is 19.1. The van der Waals surface area contributed by atoms with Gasteiger partial charge in [-0.15, -0.1) is 0 Å². The highest BCUT2D eigenvalue weighted by atomic mass is 127. The van der Waals surface area contributed by atoms with E-state index in [2.05, 4.69) is 38.6 Å². The number of ether oxygens (including phenoxy) is 1. The van der Waals surface area contributed by atoms with Crippen molar-refractivity contribution in [3.8, 4) is 0 Å². The van der Waals surface area contributed by atoms with Crippen molar-refractivity contribution in [3.05, 3.63) is 39.7 Å². The van der Waals surface area contributed by atoms with Crippen LogP contribution in [0.25, 0.3) is 21.8 Å². The fraction of sp³-hybridized carbons (Fsp3) is 0.143. The van der Waals surface area contributed by atoms with Crippen molar-refractivity contribution in [2.24, 2.45) is 0 Å². The molecule has 0 amide bonds. The predicted octanol–water partition coefficient (Wildman–Crippen LogP) is 3.50. The van der Waals surface area contributed by atoms with Gasteiger partial charge in [0, 0.05) is 19.9 Å². The van der Waals surface area contributed by atoms with Gasteiger partial charge in [0.15, 0.2) is 0 Å². The molecule has 2 aromatic heterocycles. The molecule has 0 aliphatic heterocycles. The third-order valence-corrected chi connectivity index (χ3v) is 3.60. The maximum atomic E-state index is 11.7. The molecule has 96 valence electrons. The Labute approximate surface area is 123 Å². The first kappa shape index (κ1) is 12.4. The van der Waals surface area contributed by atoms with Gasteiger partial charge in [-0.1, -0.05) is 0 Å². The summed E-state index contributed by atoms with van der Waals surface area (Å²) in [5.41, 5.74) is 2.30. The molecule has 0 aliphatic carbocycles. The van der Waals surface area contributed by atoms with E-state index >= 15 is 0 Å². The van der Waals surface area contributed by atoms with E-state index in [-0.39, 0.29) is 5.97 Å². The Morgan fingerprint density at radius 3 is 2.89 bits per heavy atom. The smallest absolute Gasteiger partial charge is 0.356 e. The minimum Gasteiger partial charge on any atom is -0.461 e. The highest BCUT2D eigenvalue weighted by Gasteiger charge is 2.12. The molecular formula is C14H11IN2O2.